The van der Waals surface area contributed by atoms with E-state index in [1.54, 1.807) is 5.57 Å². The topological polar surface area (TPSA) is 37.3 Å². The molecule has 0 aromatic heterocycles. The van der Waals surface area contributed by atoms with Crippen molar-refractivity contribution in [2.45, 2.75) is 113 Å². The van der Waals surface area contributed by atoms with Gasteiger partial charge in [0.2, 0.25) is 0 Å². The van der Waals surface area contributed by atoms with E-state index in [2.05, 4.69) is 54.5 Å². The Bertz CT molecular complexity index is 855. The van der Waals surface area contributed by atoms with Crippen molar-refractivity contribution in [1.82, 2.24) is 0 Å². The van der Waals surface area contributed by atoms with Crippen molar-refractivity contribution in [3.05, 3.63) is 11.6 Å². The highest BCUT2D eigenvalue weighted by molar-refractivity contribution is 5.85. The molecule has 4 fully saturated rings. The largest absolute Gasteiger partial charge is 0.395 e. The summed E-state index contributed by atoms with van der Waals surface area (Å²) in [5, 5.41) is 10.2. The highest BCUT2D eigenvalue weighted by atomic mass is 16.3. The van der Waals surface area contributed by atoms with Gasteiger partial charge in [0.15, 0.2) is 0 Å². The Labute approximate surface area is 197 Å². The van der Waals surface area contributed by atoms with Crippen LogP contribution in [0.3, 0.4) is 0 Å². The monoisotopic (exact) mass is 440 g/mol. The second kappa shape index (κ2) is 6.73. The number of aliphatic hydroxyl groups is 1. The van der Waals surface area contributed by atoms with Gasteiger partial charge in [-0.15, -0.1) is 0 Å². The Morgan fingerprint density at radius 3 is 2.19 bits per heavy atom. The number of aliphatic hydroxyl groups excluding tert-OH is 1. The van der Waals surface area contributed by atoms with Crippen LogP contribution in [-0.4, -0.2) is 17.5 Å². The van der Waals surface area contributed by atoms with Crippen LogP contribution in [0.15, 0.2) is 11.6 Å². The highest BCUT2D eigenvalue weighted by Crippen LogP contribution is 2.76. The lowest BCUT2D eigenvalue weighted by atomic mass is 9.32. The Kier molecular flexibility index (Phi) is 4.87. The first-order valence-corrected chi connectivity index (χ1v) is 13.6. The fraction of sp³-hybridized carbons (Fsp3) is 0.900. The summed E-state index contributed by atoms with van der Waals surface area (Å²) in [6.07, 6.45) is 14.6. The van der Waals surface area contributed by atoms with Crippen LogP contribution in [0.1, 0.15) is 113 Å². The minimum atomic E-state index is -0.161. The van der Waals surface area contributed by atoms with Crippen molar-refractivity contribution >= 4 is 5.78 Å². The molecule has 0 saturated heterocycles. The van der Waals surface area contributed by atoms with E-state index in [0.717, 1.165) is 25.2 Å². The molecule has 8 atom stereocenters. The van der Waals surface area contributed by atoms with E-state index in [1.807, 2.05) is 0 Å². The molecule has 180 valence electrons. The molecular weight excluding hydrogens is 392 g/mol. The molecule has 1 N–H and O–H groups in total. The van der Waals surface area contributed by atoms with Crippen molar-refractivity contribution in [3.8, 4) is 0 Å². The fourth-order valence-corrected chi connectivity index (χ4v) is 10.5. The molecule has 5 rings (SSSR count). The number of allylic oxidation sites excluding steroid dienone is 1. The maximum Gasteiger partial charge on any atom is 0.138 e. The van der Waals surface area contributed by atoms with Gasteiger partial charge >= 0.3 is 0 Å². The third-order valence-electron chi connectivity index (χ3n) is 13.0. The quantitative estimate of drug-likeness (QED) is 0.433. The van der Waals surface area contributed by atoms with E-state index < -0.39 is 0 Å². The summed E-state index contributed by atoms with van der Waals surface area (Å²) >= 11 is 0. The number of hydrogen-bond acceptors (Lipinski definition) is 2. The SMILES string of the molecule is CC1(CO)C=C2C3CCC4C5(C)CCC(=O)C(C)(C)C5CCC4(C)C3(C)CCC2(C)CC1. The Morgan fingerprint density at radius 2 is 1.50 bits per heavy atom. The van der Waals surface area contributed by atoms with Gasteiger partial charge in [0.1, 0.15) is 5.78 Å². The van der Waals surface area contributed by atoms with Crippen LogP contribution in [0.4, 0.5) is 0 Å². The molecule has 0 radical (unpaired) electrons. The Hall–Kier alpha value is -0.630. The summed E-state index contributed by atoms with van der Waals surface area (Å²) in [4.78, 5) is 12.9. The molecule has 4 saturated carbocycles. The number of hydrogen-bond donors (Lipinski definition) is 1. The minimum absolute atomic E-state index is 0.0394. The van der Waals surface area contributed by atoms with Crippen molar-refractivity contribution < 1.29 is 9.90 Å². The average Bonchev–Trinajstić information content (AvgIpc) is 2.73. The van der Waals surface area contributed by atoms with E-state index in [4.69, 9.17) is 0 Å². The molecule has 0 aliphatic heterocycles. The van der Waals surface area contributed by atoms with Gasteiger partial charge in [0, 0.05) is 17.3 Å². The lowest BCUT2D eigenvalue weighted by Crippen LogP contribution is -2.65. The lowest BCUT2D eigenvalue weighted by molar-refractivity contribution is -0.211. The molecule has 2 nitrogen and oxygen atoms in total. The van der Waals surface area contributed by atoms with Crippen molar-refractivity contribution in [1.29, 1.82) is 0 Å². The zero-order chi connectivity index (χ0) is 23.4. The number of ketones is 1. The van der Waals surface area contributed by atoms with Gasteiger partial charge in [-0.2, -0.15) is 0 Å². The summed E-state index contributed by atoms with van der Waals surface area (Å²) in [6.45, 7) is 17.5. The first kappa shape index (κ1) is 23.1. The molecule has 0 aromatic carbocycles. The first-order chi connectivity index (χ1) is 14.8. The van der Waals surface area contributed by atoms with Crippen LogP contribution in [0.5, 0.6) is 0 Å². The smallest absolute Gasteiger partial charge is 0.138 e. The van der Waals surface area contributed by atoms with Gasteiger partial charge in [-0.25, -0.2) is 0 Å². The van der Waals surface area contributed by atoms with Gasteiger partial charge in [0.05, 0.1) is 6.61 Å². The maximum atomic E-state index is 12.9. The zero-order valence-corrected chi connectivity index (χ0v) is 21.9. The molecule has 2 heteroatoms. The van der Waals surface area contributed by atoms with Crippen LogP contribution < -0.4 is 0 Å². The van der Waals surface area contributed by atoms with Crippen molar-refractivity contribution in [2.24, 2.45) is 50.2 Å². The summed E-state index contributed by atoms with van der Waals surface area (Å²) in [7, 11) is 0. The van der Waals surface area contributed by atoms with Crippen LogP contribution >= 0.6 is 0 Å². The summed E-state index contributed by atoms with van der Waals surface area (Å²) in [5.41, 5.74) is 2.80. The average molecular weight is 441 g/mol. The van der Waals surface area contributed by atoms with Gasteiger partial charge in [0.25, 0.3) is 0 Å². The van der Waals surface area contributed by atoms with Crippen LogP contribution in [0.2, 0.25) is 0 Å². The van der Waals surface area contributed by atoms with Crippen molar-refractivity contribution in [3.63, 3.8) is 0 Å². The third kappa shape index (κ3) is 2.71. The Morgan fingerprint density at radius 1 is 0.812 bits per heavy atom. The molecule has 0 amide bonds. The predicted molar refractivity (Wildman–Crippen MR) is 131 cm³/mol. The second-order valence-electron chi connectivity index (χ2n) is 14.7. The molecule has 0 heterocycles. The lowest BCUT2D eigenvalue weighted by Gasteiger charge is -2.72. The van der Waals surface area contributed by atoms with E-state index in [1.165, 1.54) is 44.9 Å². The molecule has 5 aliphatic carbocycles. The number of carbonyl (C=O) groups is 1. The number of carbonyl (C=O) groups excluding carboxylic acids is 1. The van der Waals surface area contributed by atoms with Gasteiger partial charge in [-0.05, 0) is 97.2 Å². The van der Waals surface area contributed by atoms with E-state index in [9.17, 15) is 9.90 Å². The molecule has 0 aromatic rings. The predicted octanol–water partition coefficient (Wildman–Crippen LogP) is 7.35. The minimum Gasteiger partial charge on any atom is -0.395 e. The van der Waals surface area contributed by atoms with Crippen LogP contribution in [0.25, 0.3) is 0 Å². The van der Waals surface area contributed by atoms with Crippen molar-refractivity contribution in [2.75, 3.05) is 6.61 Å². The van der Waals surface area contributed by atoms with Gasteiger partial charge in [-0.3, -0.25) is 4.79 Å². The summed E-state index contributed by atoms with van der Waals surface area (Å²) in [6, 6.07) is 0. The molecule has 8 unspecified atom stereocenters. The first-order valence-electron chi connectivity index (χ1n) is 13.6. The standard InChI is InChI=1S/C30H48O2/c1-25(2)22-10-13-30(7)23(28(22,5)12-11-24(25)32)9-8-20-21-18-26(3,19-31)14-15-27(21,4)16-17-29(20,30)6/h18,20,22-23,31H,8-17,19H2,1-7H3. The highest BCUT2D eigenvalue weighted by Gasteiger charge is 2.68. The number of Topliss-reactive ketones (excluding diaryl/α,β-unsaturated/α-hetero) is 1. The van der Waals surface area contributed by atoms with Gasteiger partial charge in [-0.1, -0.05) is 60.1 Å². The van der Waals surface area contributed by atoms with E-state index >= 15 is 0 Å². The number of rotatable bonds is 1. The molecule has 5 aliphatic rings. The number of fused-ring (bicyclic) bond motifs is 7. The van der Waals surface area contributed by atoms with Gasteiger partial charge < -0.3 is 5.11 Å². The maximum absolute atomic E-state index is 12.9. The molecule has 32 heavy (non-hydrogen) atoms. The third-order valence-corrected chi connectivity index (χ3v) is 13.0. The normalized spacial score (nSPS) is 54.6. The molecule has 0 bridgehead atoms. The van der Waals surface area contributed by atoms with Crippen LogP contribution in [-0.2, 0) is 4.79 Å². The second-order valence-corrected chi connectivity index (χ2v) is 14.7. The van der Waals surface area contributed by atoms with Crippen LogP contribution in [0, 0.1) is 50.2 Å². The van der Waals surface area contributed by atoms with E-state index in [-0.39, 0.29) is 17.4 Å². The Balaban J connectivity index is 1.57. The summed E-state index contributed by atoms with van der Waals surface area (Å²) in [5.74, 6) is 2.43. The molecular formula is C30H48O2. The zero-order valence-electron chi connectivity index (χ0n) is 21.9. The van der Waals surface area contributed by atoms with E-state index in [0.29, 0.717) is 39.3 Å². The fourth-order valence-electron chi connectivity index (χ4n) is 10.5. The molecule has 0 spiro atoms. The summed E-state index contributed by atoms with van der Waals surface area (Å²) < 4.78 is 0.